The van der Waals surface area contributed by atoms with Crippen molar-refractivity contribution in [3.63, 3.8) is 0 Å². The topological polar surface area (TPSA) is 61.3 Å². The zero-order valence-corrected chi connectivity index (χ0v) is 23.5. The molecule has 0 aliphatic carbocycles. The van der Waals surface area contributed by atoms with Gasteiger partial charge >= 0.3 is 5.97 Å². The van der Waals surface area contributed by atoms with Gasteiger partial charge in [-0.25, -0.2) is 14.8 Å². The van der Waals surface area contributed by atoms with E-state index in [0.717, 1.165) is 30.4 Å². The maximum Gasteiger partial charge on any atom is 0.340 e. The molecule has 0 unspecified atom stereocenters. The van der Waals surface area contributed by atoms with Gasteiger partial charge in [0, 0.05) is 12.2 Å². The van der Waals surface area contributed by atoms with Gasteiger partial charge in [-0.05, 0) is 42.9 Å². The summed E-state index contributed by atoms with van der Waals surface area (Å²) in [5.74, 6) is 0.475. The molecular weight excluding hydrogens is 472 g/mol. The average molecular weight is 517 g/mol. The van der Waals surface area contributed by atoms with Crippen molar-refractivity contribution < 1.29 is 14.3 Å². The molecule has 5 heteroatoms. The van der Waals surface area contributed by atoms with Gasteiger partial charge in [0.15, 0.2) is 17.7 Å². The molecule has 1 aromatic heterocycles. The Morgan fingerprint density at radius 2 is 1.24 bits per heavy atom. The third-order valence-corrected chi connectivity index (χ3v) is 6.79. The normalized spacial score (nSPS) is 11.9. The van der Waals surface area contributed by atoms with Crippen LogP contribution in [0, 0.1) is 0 Å². The third kappa shape index (κ3) is 10.0. The first-order chi connectivity index (χ1) is 18.6. The van der Waals surface area contributed by atoms with Crippen LogP contribution in [0.15, 0.2) is 60.9 Å². The Bertz CT molecular complexity index is 1060. The summed E-state index contributed by atoms with van der Waals surface area (Å²) in [6.45, 7) is 6.70. The summed E-state index contributed by atoms with van der Waals surface area (Å²) in [4.78, 5) is 21.1. The molecule has 0 amide bonds. The van der Waals surface area contributed by atoms with E-state index in [2.05, 4.69) is 60.2 Å². The molecule has 0 bridgehead atoms. The van der Waals surface area contributed by atoms with Crippen LogP contribution >= 0.6 is 0 Å². The van der Waals surface area contributed by atoms with E-state index < -0.39 is 12.1 Å². The lowest BCUT2D eigenvalue weighted by atomic mass is 10.00. The highest BCUT2D eigenvalue weighted by Gasteiger charge is 2.16. The van der Waals surface area contributed by atoms with E-state index in [1.807, 2.05) is 12.1 Å². The Morgan fingerprint density at radius 3 is 1.87 bits per heavy atom. The molecule has 5 nitrogen and oxygen atoms in total. The van der Waals surface area contributed by atoms with Crippen LogP contribution in [0.1, 0.15) is 90.5 Å². The number of unbranched alkanes of at least 4 members (excludes halogenated alkanes) is 8. The second-order valence-electron chi connectivity index (χ2n) is 10.0. The van der Waals surface area contributed by atoms with Crippen LogP contribution in [0.4, 0.5) is 0 Å². The number of aromatic nitrogens is 2. The van der Waals surface area contributed by atoms with Crippen LogP contribution in [-0.2, 0) is 16.0 Å². The Labute approximate surface area is 229 Å². The monoisotopic (exact) mass is 516 g/mol. The molecule has 0 N–H and O–H groups in total. The molecule has 1 atom stereocenters. The summed E-state index contributed by atoms with van der Waals surface area (Å²) < 4.78 is 11.0. The molecule has 0 saturated heterocycles. The molecule has 0 spiro atoms. The predicted octanol–water partition coefficient (Wildman–Crippen LogP) is 8.60. The summed E-state index contributed by atoms with van der Waals surface area (Å²) in [6, 6.07) is 17.1. The molecule has 204 valence electrons. The summed E-state index contributed by atoms with van der Waals surface area (Å²) in [7, 11) is 0. The highest BCUT2D eigenvalue weighted by atomic mass is 16.6. The Morgan fingerprint density at radius 1 is 0.711 bits per heavy atom. The Balaban J connectivity index is 1.47. The number of carbonyl (C=O) groups excluding carboxylic acids is 1. The average Bonchev–Trinajstić information content (AvgIpc) is 2.95. The fraction of sp³-hybridized carbons (Fsp3) is 0.485. The SMILES string of the molecule is CCCCCCCCc1ccc(-c2ccc(-c3ncc(OC(=O)[C@@H](C)OCCCCCC)cn3)cc2)cc1. The van der Waals surface area contributed by atoms with Crippen LogP contribution in [0.2, 0.25) is 0 Å². The van der Waals surface area contributed by atoms with Crippen molar-refractivity contribution in [3.8, 4) is 28.3 Å². The lowest BCUT2D eigenvalue weighted by Gasteiger charge is -2.12. The molecule has 0 radical (unpaired) electrons. The summed E-state index contributed by atoms with van der Waals surface area (Å²) >= 11 is 0. The minimum Gasteiger partial charge on any atom is -0.421 e. The molecule has 2 aromatic carbocycles. The van der Waals surface area contributed by atoms with Crippen molar-refractivity contribution in [1.29, 1.82) is 0 Å². The van der Waals surface area contributed by atoms with Crippen molar-refractivity contribution >= 4 is 5.97 Å². The van der Waals surface area contributed by atoms with Gasteiger partial charge in [-0.1, -0.05) is 114 Å². The Hall–Kier alpha value is -3.05. The highest BCUT2D eigenvalue weighted by Crippen LogP contribution is 2.24. The minimum atomic E-state index is -0.617. The minimum absolute atomic E-state index is 0.317. The maximum absolute atomic E-state index is 12.3. The molecule has 3 aromatic rings. The van der Waals surface area contributed by atoms with Crippen molar-refractivity contribution in [2.24, 2.45) is 0 Å². The van der Waals surface area contributed by atoms with Crippen molar-refractivity contribution in [2.45, 2.75) is 97.5 Å². The Kier molecular flexibility index (Phi) is 13.0. The van der Waals surface area contributed by atoms with E-state index in [4.69, 9.17) is 9.47 Å². The van der Waals surface area contributed by atoms with E-state index in [1.54, 1.807) is 6.92 Å². The molecular formula is C33H44N2O3. The standard InChI is InChI=1S/C33H44N2O3/c1-4-6-8-10-11-12-14-27-15-17-28(18-16-27)29-19-21-30(22-20-29)32-34-24-31(25-35-32)38-33(36)26(3)37-23-13-9-7-5-2/h15-22,24-26H,4-14,23H2,1-3H3/t26-/m1/s1. The summed E-state index contributed by atoms with van der Waals surface area (Å²) in [5, 5.41) is 0. The van der Waals surface area contributed by atoms with Gasteiger partial charge in [0.2, 0.25) is 0 Å². The predicted molar refractivity (Wildman–Crippen MR) is 155 cm³/mol. The maximum atomic E-state index is 12.3. The van der Waals surface area contributed by atoms with E-state index in [0.29, 0.717) is 18.2 Å². The smallest absolute Gasteiger partial charge is 0.340 e. The quantitative estimate of drug-likeness (QED) is 0.133. The van der Waals surface area contributed by atoms with Crippen molar-refractivity contribution in [3.05, 3.63) is 66.5 Å². The van der Waals surface area contributed by atoms with Gasteiger partial charge in [-0.3, -0.25) is 0 Å². The second-order valence-corrected chi connectivity index (χ2v) is 10.0. The van der Waals surface area contributed by atoms with Gasteiger partial charge in [-0.15, -0.1) is 0 Å². The van der Waals surface area contributed by atoms with E-state index in [1.165, 1.54) is 74.9 Å². The number of esters is 1. The van der Waals surface area contributed by atoms with E-state index in [-0.39, 0.29) is 0 Å². The number of rotatable bonds is 17. The number of hydrogen-bond donors (Lipinski definition) is 0. The van der Waals surface area contributed by atoms with Gasteiger partial charge in [0.1, 0.15) is 0 Å². The first-order valence-corrected chi connectivity index (χ1v) is 14.5. The van der Waals surface area contributed by atoms with Gasteiger partial charge < -0.3 is 9.47 Å². The number of ether oxygens (including phenoxy) is 2. The van der Waals surface area contributed by atoms with Crippen LogP contribution in [-0.4, -0.2) is 28.6 Å². The van der Waals surface area contributed by atoms with Crippen LogP contribution in [0.5, 0.6) is 5.75 Å². The molecule has 1 heterocycles. The number of hydrogen-bond acceptors (Lipinski definition) is 5. The first kappa shape index (κ1) is 29.5. The van der Waals surface area contributed by atoms with Crippen LogP contribution < -0.4 is 4.74 Å². The van der Waals surface area contributed by atoms with Gasteiger partial charge in [0.25, 0.3) is 0 Å². The lowest BCUT2D eigenvalue weighted by Crippen LogP contribution is -2.26. The summed E-state index contributed by atoms with van der Waals surface area (Å²) in [5.41, 5.74) is 4.68. The fourth-order valence-corrected chi connectivity index (χ4v) is 4.36. The van der Waals surface area contributed by atoms with Crippen molar-refractivity contribution in [1.82, 2.24) is 9.97 Å². The molecule has 0 aliphatic heterocycles. The van der Waals surface area contributed by atoms with Crippen LogP contribution in [0.25, 0.3) is 22.5 Å². The number of benzene rings is 2. The largest absolute Gasteiger partial charge is 0.421 e. The lowest BCUT2D eigenvalue weighted by molar-refractivity contribution is -0.146. The molecule has 0 aliphatic rings. The van der Waals surface area contributed by atoms with E-state index >= 15 is 0 Å². The number of nitrogens with zero attached hydrogens (tertiary/aromatic N) is 2. The number of carbonyl (C=O) groups is 1. The molecule has 0 fully saturated rings. The fourth-order valence-electron chi connectivity index (χ4n) is 4.36. The van der Waals surface area contributed by atoms with E-state index in [9.17, 15) is 4.79 Å². The molecule has 3 rings (SSSR count). The highest BCUT2D eigenvalue weighted by molar-refractivity contribution is 5.76. The second kappa shape index (κ2) is 16.7. The number of aryl methyl sites for hydroxylation is 1. The van der Waals surface area contributed by atoms with Crippen LogP contribution in [0.3, 0.4) is 0 Å². The zero-order valence-electron chi connectivity index (χ0n) is 23.5. The molecule has 0 saturated carbocycles. The van der Waals surface area contributed by atoms with Crippen molar-refractivity contribution in [2.75, 3.05) is 6.61 Å². The van der Waals surface area contributed by atoms with Gasteiger partial charge in [0.05, 0.1) is 12.4 Å². The van der Waals surface area contributed by atoms with Gasteiger partial charge in [-0.2, -0.15) is 0 Å². The third-order valence-electron chi connectivity index (χ3n) is 6.79. The zero-order chi connectivity index (χ0) is 27.0. The summed E-state index contributed by atoms with van der Waals surface area (Å²) in [6.07, 6.45) is 16.0. The molecule has 38 heavy (non-hydrogen) atoms. The first-order valence-electron chi connectivity index (χ1n) is 14.5.